The third kappa shape index (κ3) is 3.88. The van der Waals surface area contributed by atoms with Crippen LogP contribution in [0.25, 0.3) is 0 Å². The molecule has 0 spiro atoms. The molecule has 2 aromatic carbocycles. The predicted octanol–water partition coefficient (Wildman–Crippen LogP) is 3.56. The first-order valence-corrected chi connectivity index (χ1v) is 9.32. The predicted molar refractivity (Wildman–Crippen MR) is 110 cm³/mol. The summed E-state index contributed by atoms with van der Waals surface area (Å²) in [5, 5.41) is 0. The van der Waals surface area contributed by atoms with Gasteiger partial charge < -0.3 is 0 Å². The van der Waals surface area contributed by atoms with Gasteiger partial charge in [0, 0.05) is 11.1 Å². The van der Waals surface area contributed by atoms with Crippen molar-refractivity contribution in [2.24, 2.45) is 0 Å². The van der Waals surface area contributed by atoms with Gasteiger partial charge in [0.15, 0.2) is 0 Å². The van der Waals surface area contributed by atoms with Crippen molar-refractivity contribution in [3.8, 4) is 0 Å². The molecule has 28 heavy (non-hydrogen) atoms. The molecule has 0 fully saturated rings. The minimum absolute atomic E-state index is 0.164. The zero-order valence-corrected chi connectivity index (χ0v) is 16.6. The van der Waals surface area contributed by atoms with Crippen LogP contribution in [0, 0.1) is 13.8 Å². The number of nitrogens with one attached hydrogen (secondary N) is 1. The van der Waals surface area contributed by atoms with Crippen LogP contribution in [0.4, 0.5) is 0 Å². The van der Waals surface area contributed by atoms with Crippen LogP contribution in [0.15, 0.2) is 58.1 Å². The number of ketones is 1. The number of aryl methyl sites for hydroxylation is 2. The molecule has 0 saturated heterocycles. The molecule has 0 radical (unpaired) electrons. The molecule has 1 N–H and O–H groups in total. The lowest BCUT2D eigenvalue weighted by molar-refractivity contribution is 0.102. The van der Waals surface area contributed by atoms with Crippen LogP contribution in [0.2, 0.25) is 0 Å². The number of H-pyrrole nitrogens is 1. The average Bonchev–Trinajstić information content (AvgIpc) is 2.62. The van der Waals surface area contributed by atoms with Crippen LogP contribution in [0.1, 0.15) is 58.1 Å². The second-order valence-electron chi connectivity index (χ2n) is 7.45. The quantitative estimate of drug-likeness (QED) is 0.692. The lowest BCUT2D eigenvalue weighted by Gasteiger charge is -2.18. The van der Waals surface area contributed by atoms with Crippen LogP contribution in [0.3, 0.4) is 0 Å². The van der Waals surface area contributed by atoms with E-state index in [1.807, 2.05) is 64.1 Å². The van der Waals surface area contributed by atoms with Gasteiger partial charge in [-0.05, 0) is 37.5 Å². The van der Waals surface area contributed by atoms with Gasteiger partial charge in [0.25, 0.3) is 5.56 Å². The highest BCUT2D eigenvalue weighted by Gasteiger charge is 2.24. The molecule has 0 aliphatic heterocycles. The minimum Gasteiger partial charge on any atom is -0.287 e. The number of aromatic nitrogens is 2. The first kappa shape index (κ1) is 19.5. The maximum atomic E-state index is 13.5. The first-order chi connectivity index (χ1) is 13.3. The molecule has 1 heterocycles. The van der Waals surface area contributed by atoms with Crippen molar-refractivity contribution in [1.82, 2.24) is 9.55 Å². The molecule has 0 aliphatic rings. The largest absolute Gasteiger partial charge is 0.329 e. The highest BCUT2D eigenvalue weighted by atomic mass is 16.2. The fraction of sp³-hybridized carbons (Fsp3) is 0.261. The second-order valence-corrected chi connectivity index (χ2v) is 7.45. The molecule has 3 aromatic rings. The zero-order valence-electron chi connectivity index (χ0n) is 16.6. The second kappa shape index (κ2) is 7.80. The lowest BCUT2D eigenvalue weighted by Crippen LogP contribution is -2.38. The Morgan fingerprint density at radius 3 is 2.18 bits per heavy atom. The van der Waals surface area contributed by atoms with Crippen molar-refractivity contribution < 1.29 is 4.79 Å². The molecular weight excluding hydrogens is 352 g/mol. The SMILES string of the molecule is Cc1cc(C)cc(C(=O)c2c(C(C)C)c(=O)[nH]c(=O)n2Cc2ccccc2)c1. The fourth-order valence-electron chi connectivity index (χ4n) is 3.53. The molecule has 0 unspecified atom stereocenters. The van der Waals surface area contributed by atoms with E-state index in [1.54, 1.807) is 12.1 Å². The smallest absolute Gasteiger partial charge is 0.287 e. The Morgan fingerprint density at radius 1 is 1.00 bits per heavy atom. The number of hydrogen-bond acceptors (Lipinski definition) is 3. The number of aromatic amines is 1. The summed E-state index contributed by atoms with van der Waals surface area (Å²) in [5.41, 5.74) is 2.68. The van der Waals surface area contributed by atoms with Crippen molar-refractivity contribution in [2.45, 2.75) is 40.2 Å². The Hall–Kier alpha value is -3.21. The number of rotatable bonds is 5. The summed E-state index contributed by atoms with van der Waals surface area (Å²) >= 11 is 0. The number of nitrogens with zero attached hydrogens (tertiary/aromatic N) is 1. The number of hydrogen-bond donors (Lipinski definition) is 1. The van der Waals surface area contributed by atoms with Crippen LogP contribution in [0.5, 0.6) is 0 Å². The topological polar surface area (TPSA) is 71.9 Å². The molecule has 3 rings (SSSR count). The molecule has 1 aromatic heterocycles. The summed E-state index contributed by atoms with van der Waals surface area (Å²) in [6.45, 7) is 7.74. The van der Waals surface area contributed by atoms with E-state index in [0.29, 0.717) is 11.1 Å². The van der Waals surface area contributed by atoms with E-state index >= 15 is 0 Å². The van der Waals surface area contributed by atoms with Gasteiger partial charge >= 0.3 is 5.69 Å². The molecular formula is C23H24N2O3. The van der Waals surface area contributed by atoms with Gasteiger partial charge in [-0.15, -0.1) is 0 Å². The van der Waals surface area contributed by atoms with E-state index in [4.69, 9.17) is 0 Å². The van der Waals surface area contributed by atoms with Crippen LogP contribution in [-0.2, 0) is 6.54 Å². The third-order valence-corrected chi connectivity index (χ3v) is 4.70. The molecule has 144 valence electrons. The minimum atomic E-state index is -0.578. The van der Waals surface area contributed by atoms with Gasteiger partial charge in [-0.1, -0.05) is 61.4 Å². The Bertz CT molecular complexity index is 1120. The summed E-state index contributed by atoms with van der Waals surface area (Å²) in [5.74, 6) is -0.522. The van der Waals surface area contributed by atoms with Crippen molar-refractivity contribution in [3.63, 3.8) is 0 Å². The van der Waals surface area contributed by atoms with Crippen LogP contribution < -0.4 is 11.2 Å². The highest BCUT2D eigenvalue weighted by molar-refractivity contribution is 6.09. The summed E-state index contributed by atoms with van der Waals surface area (Å²) in [6.07, 6.45) is 0. The molecule has 5 heteroatoms. The summed E-state index contributed by atoms with van der Waals surface area (Å²) in [6, 6.07) is 15.0. The van der Waals surface area contributed by atoms with Gasteiger partial charge in [0.1, 0.15) is 5.69 Å². The number of carbonyl (C=O) groups excluding carboxylic acids is 1. The Kier molecular flexibility index (Phi) is 5.45. The Morgan fingerprint density at radius 2 is 1.61 bits per heavy atom. The van der Waals surface area contributed by atoms with Gasteiger partial charge in [-0.2, -0.15) is 0 Å². The Labute approximate surface area is 163 Å². The lowest BCUT2D eigenvalue weighted by atomic mass is 9.95. The molecule has 0 aliphatic carbocycles. The normalized spacial score (nSPS) is 11.0. The standard InChI is InChI=1S/C23H24N2O3/c1-14(2)19-20(21(26)18-11-15(3)10-16(4)12-18)25(23(28)24-22(19)27)13-17-8-6-5-7-9-17/h5-12,14H,13H2,1-4H3,(H,24,27,28). The molecule has 5 nitrogen and oxygen atoms in total. The first-order valence-electron chi connectivity index (χ1n) is 9.32. The van der Waals surface area contributed by atoms with E-state index in [0.717, 1.165) is 16.7 Å². The molecule has 0 saturated carbocycles. The van der Waals surface area contributed by atoms with Crippen LogP contribution >= 0.6 is 0 Å². The van der Waals surface area contributed by atoms with Crippen LogP contribution in [-0.4, -0.2) is 15.3 Å². The average molecular weight is 376 g/mol. The van der Waals surface area contributed by atoms with E-state index in [9.17, 15) is 14.4 Å². The molecule has 0 atom stereocenters. The van der Waals surface area contributed by atoms with Crippen molar-refractivity contribution in [2.75, 3.05) is 0 Å². The fourth-order valence-corrected chi connectivity index (χ4v) is 3.53. The van der Waals surface area contributed by atoms with E-state index in [1.165, 1.54) is 4.57 Å². The maximum absolute atomic E-state index is 13.5. The summed E-state index contributed by atoms with van der Waals surface area (Å²) < 4.78 is 1.38. The highest BCUT2D eigenvalue weighted by Crippen LogP contribution is 2.20. The summed E-state index contributed by atoms with van der Waals surface area (Å²) in [7, 11) is 0. The van der Waals surface area contributed by atoms with Gasteiger partial charge in [0.2, 0.25) is 5.78 Å². The zero-order chi connectivity index (χ0) is 20.4. The van der Waals surface area contributed by atoms with E-state index < -0.39 is 11.2 Å². The number of carbonyl (C=O) groups is 1. The van der Waals surface area contributed by atoms with E-state index in [2.05, 4.69) is 4.98 Å². The third-order valence-electron chi connectivity index (χ3n) is 4.70. The number of benzene rings is 2. The Balaban J connectivity index is 2.28. The maximum Gasteiger partial charge on any atom is 0.329 e. The van der Waals surface area contributed by atoms with Crippen molar-refractivity contribution >= 4 is 5.78 Å². The monoisotopic (exact) mass is 376 g/mol. The van der Waals surface area contributed by atoms with Crippen molar-refractivity contribution in [3.05, 3.63) is 103 Å². The molecule has 0 bridgehead atoms. The summed E-state index contributed by atoms with van der Waals surface area (Å²) in [4.78, 5) is 41.1. The van der Waals surface area contributed by atoms with Crippen molar-refractivity contribution in [1.29, 1.82) is 0 Å². The van der Waals surface area contributed by atoms with Gasteiger partial charge in [0.05, 0.1) is 6.54 Å². The molecule has 0 amide bonds. The van der Waals surface area contributed by atoms with E-state index in [-0.39, 0.29) is 23.9 Å². The van der Waals surface area contributed by atoms with Gasteiger partial charge in [-0.25, -0.2) is 4.79 Å². The van der Waals surface area contributed by atoms with Gasteiger partial charge in [-0.3, -0.25) is 19.1 Å².